The number of fused-ring (bicyclic) bond motifs is 1. The number of rotatable bonds is 3. The smallest absolute Gasteiger partial charge is 0.145 e. The third-order valence-electron chi connectivity index (χ3n) is 4.19. The highest BCUT2D eigenvalue weighted by Crippen LogP contribution is 2.20. The van der Waals surface area contributed by atoms with Crippen LogP contribution in [0.15, 0.2) is 36.9 Å². The van der Waals surface area contributed by atoms with Gasteiger partial charge in [0.15, 0.2) is 0 Å². The molecule has 7 heteroatoms. The van der Waals surface area contributed by atoms with Crippen molar-refractivity contribution in [2.45, 2.75) is 18.9 Å². The van der Waals surface area contributed by atoms with Crippen molar-refractivity contribution in [3.63, 3.8) is 0 Å². The van der Waals surface area contributed by atoms with E-state index >= 15 is 0 Å². The number of piperidine rings is 1. The minimum Gasteiger partial charge on any atom is -0.365 e. The van der Waals surface area contributed by atoms with Gasteiger partial charge in [-0.1, -0.05) is 0 Å². The first kappa shape index (κ1) is 14.6. The number of imidazole rings is 1. The Morgan fingerprint density at radius 2 is 2.29 bits per heavy atom. The lowest BCUT2D eigenvalue weighted by molar-refractivity contribution is 0.479. The molecule has 7 nitrogen and oxygen atoms in total. The largest absolute Gasteiger partial charge is 0.365 e. The van der Waals surface area contributed by atoms with Crippen LogP contribution < -0.4 is 10.6 Å². The molecule has 1 atom stereocenters. The fourth-order valence-corrected chi connectivity index (χ4v) is 2.98. The fraction of sp³-hybridized carbons (Fsp3) is 0.294. The lowest BCUT2D eigenvalue weighted by Crippen LogP contribution is -2.38. The SMILES string of the molecule is N#Cc1ccn2c(-c3cncc(NC4CCCNC4)n3)cnc2c1. The van der Waals surface area contributed by atoms with Crippen molar-refractivity contribution in [3.05, 3.63) is 42.5 Å². The Morgan fingerprint density at radius 1 is 1.33 bits per heavy atom. The Morgan fingerprint density at radius 3 is 3.12 bits per heavy atom. The molecule has 1 fully saturated rings. The number of nitrogens with one attached hydrogen (secondary N) is 2. The summed E-state index contributed by atoms with van der Waals surface area (Å²) in [5, 5.41) is 15.8. The molecule has 0 amide bonds. The Kier molecular flexibility index (Phi) is 3.81. The van der Waals surface area contributed by atoms with Crippen molar-refractivity contribution in [3.8, 4) is 17.5 Å². The van der Waals surface area contributed by atoms with Crippen LogP contribution in [0, 0.1) is 11.3 Å². The van der Waals surface area contributed by atoms with E-state index < -0.39 is 0 Å². The van der Waals surface area contributed by atoms with Crippen LogP contribution >= 0.6 is 0 Å². The zero-order chi connectivity index (χ0) is 16.4. The Bertz CT molecular complexity index is 903. The molecule has 3 aromatic heterocycles. The molecule has 1 saturated heterocycles. The predicted octanol–water partition coefficient (Wildman–Crippen LogP) is 1.83. The highest BCUT2D eigenvalue weighted by molar-refractivity contribution is 5.62. The monoisotopic (exact) mass is 319 g/mol. The van der Waals surface area contributed by atoms with E-state index in [1.54, 1.807) is 30.7 Å². The molecule has 0 saturated carbocycles. The quantitative estimate of drug-likeness (QED) is 0.765. The van der Waals surface area contributed by atoms with Gasteiger partial charge in [-0.3, -0.25) is 9.38 Å². The minimum atomic E-state index is 0.378. The zero-order valence-corrected chi connectivity index (χ0v) is 13.1. The van der Waals surface area contributed by atoms with E-state index in [1.165, 1.54) is 6.42 Å². The van der Waals surface area contributed by atoms with Crippen LogP contribution in [0.1, 0.15) is 18.4 Å². The van der Waals surface area contributed by atoms with Gasteiger partial charge in [0.1, 0.15) is 17.2 Å². The van der Waals surface area contributed by atoms with Crippen LogP contribution in [0.4, 0.5) is 5.82 Å². The van der Waals surface area contributed by atoms with Gasteiger partial charge in [-0.15, -0.1) is 0 Å². The lowest BCUT2D eigenvalue weighted by Gasteiger charge is -2.24. The summed E-state index contributed by atoms with van der Waals surface area (Å²) in [6, 6.07) is 6.03. The van der Waals surface area contributed by atoms with Crippen molar-refractivity contribution >= 4 is 11.5 Å². The maximum Gasteiger partial charge on any atom is 0.145 e. The van der Waals surface area contributed by atoms with Crippen molar-refractivity contribution in [1.82, 2.24) is 24.7 Å². The highest BCUT2D eigenvalue weighted by Gasteiger charge is 2.14. The molecule has 4 rings (SSSR count). The topological polar surface area (TPSA) is 90.9 Å². The summed E-state index contributed by atoms with van der Waals surface area (Å²) < 4.78 is 1.91. The number of nitrogens with zero attached hydrogens (tertiary/aromatic N) is 5. The maximum absolute atomic E-state index is 8.99. The summed E-state index contributed by atoms with van der Waals surface area (Å²) in [6.45, 7) is 2.02. The van der Waals surface area contributed by atoms with Crippen LogP contribution in [-0.2, 0) is 0 Å². The second-order valence-corrected chi connectivity index (χ2v) is 5.88. The molecule has 4 heterocycles. The van der Waals surface area contributed by atoms with Crippen LogP contribution in [0.3, 0.4) is 0 Å². The standard InChI is InChI=1S/C17H17N7/c18-7-12-3-5-24-15(10-21-17(24)6-12)14-9-20-11-16(23-14)22-13-2-1-4-19-8-13/h3,5-6,9-11,13,19H,1-2,4,8H2,(H,22,23). The molecular formula is C17H17N7. The van der Waals surface area contributed by atoms with Gasteiger partial charge in [0, 0.05) is 18.8 Å². The molecule has 1 unspecified atom stereocenters. The lowest BCUT2D eigenvalue weighted by atomic mass is 10.1. The van der Waals surface area contributed by atoms with Gasteiger partial charge in [-0.05, 0) is 31.5 Å². The summed E-state index contributed by atoms with van der Waals surface area (Å²) in [6.07, 6.45) is 9.36. The Hall–Kier alpha value is -2.98. The molecule has 120 valence electrons. The van der Waals surface area contributed by atoms with E-state index in [0.717, 1.165) is 42.4 Å². The van der Waals surface area contributed by atoms with E-state index in [9.17, 15) is 0 Å². The molecule has 0 aromatic carbocycles. The molecule has 0 radical (unpaired) electrons. The average molecular weight is 319 g/mol. The van der Waals surface area contributed by atoms with E-state index in [0.29, 0.717) is 11.6 Å². The number of aromatic nitrogens is 4. The predicted molar refractivity (Wildman–Crippen MR) is 90.4 cm³/mol. The minimum absolute atomic E-state index is 0.378. The van der Waals surface area contributed by atoms with Crippen LogP contribution in [0.2, 0.25) is 0 Å². The molecule has 0 aliphatic carbocycles. The first-order valence-corrected chi connectivity index (χ1v) is 8.00. The van der Waals surface area contributed by atoms with E-state index in [1.807, 2.05) is 10.6 Å². The molecule has 2 N–H and O–H groups in total. The van der Waals surface area contributed by atoms with Gasteiger partial charge in [-0.2, -0.15) is 5.26 Å². The second kappa shape index (κ2) is 6.26. The van der Waals surface area contributed by atoms with Gasteiger partial charge in [-0.25, -0.2) is 9.97 Å². The van der Waals surface area contributed by atoms with Crippen molar-refractivity contribution < 1.29 is 0 Å². The van der Waals surface area contributed by atoms with Crippen molar-refractivity contribution in [2.75, 3.05) is 18.4 Å². The van der Waals surface area contributed by atoms with Crippen molar-refractivity contribution in [1.29, 1.82) is 5.26 Å². The third-order valence-corrected chi connectivity index (χ3v) is 4.19. The average Bonchev–Trinajstić information content (AvgIpc) is 3.06. The molecule has 24 heavy (non-hydrogen) atoms. The van der Waals surface area contributed by atoms with Crippen LogP contribution in [0.25, 0.3) is 17.0 Å². The third kappa shape index (κ3) is 2.79. The van der Waals surface area contributed by atoms with E-state index in [4.69, 9.17) is 5.26 Å². The summed E-state index contributed by atoms with van der Waals surface area (Å²) in [7, 11) is 0. The van der Waals surface area contributed by atoms with E-state index in [-0.39, 0.29) is 0 Å². The summed E-state index contributed by atoms with van der Waals surface area (Å²) in [5.74, 6) is 0.768. The number of hydrogen-bond donors (Lipinski definition) is 2. The molecule has 0 spiro atoms. The maximum atomic E-state index is 8.99. The van der Waals surface area contributed by atoms with Gasteiger partial charge < -0.3 is 10.6 Å². The Balaban J connectivity index is 1.64. The molecule has 1 aliphatic rings. The highest BCUT2D eigenvalue weighted by atomic mass is 15.1. The fourth-order valence-electron chi connectivity index (χ4n) is 2.98. The number of hydrogen-bond acceptors (Lipinski definition) is 6. The summed E-state index contributed by atoms with van der Waals surface area (Å²) in [4.78, 5) is 13.3. The second-order valence-electron chi connectivity index (χ2n) is 5.88. The van der Waals surface area contributed by atoms with E-state index in [2.05, 4.69) is 31.7 Å². The zero-order valence-electron chi connectivity index (χ0n) is 13.1. The number of anilines is 1. The number of nitriles is 1. The van der Waals surface area contributed by atoms with Gasteiger partial charge in [0.25, 0.3) is 0 Å². The number of pyridine rings is 1. The first-order chi connectivity index (χ1) is 11.8. The van der Waals surface area contributed by atoms with Gasteiger partial charge >= 0.3 is 0 Å². The van der Waals surface area contributed by atoms with Crippen LogP contribution in [-0.4, -0.2) is 38.5 Å². The first-order valence-electron chi connectivity index (χ1n) is 8.00. The molecule has 3 aromatic rings. The van der Waals surface area contributed by atoms with Gasteiger partial charge in [0.2, 0.25) is 0 Å². The van der Waals surface area contributed by atoms with Crippen LogP contribution in [0.5, 0.6) is 0 Å². The molecule has 0 bridgehead atoms. The van der Waals surface area contributed by atoms with Gasteiger partial charge in [0.05, 0.1) is 35.9 Å². The molecular weight excluding hydrogens is 302 g/mol. The molecule has 1 aliphatic heterocycles. The summed E-state index contributed by atoms with van der Waals surface area (Å²) in [5.41, 5.74) is 2.92. The Labute approximate surface area is 139 Å². The summed E-state index contributed by atoms with van der Waals surface area (Å²) >= 11 is 0. The van der Waals surface area contributed by atoms with Crippen molar-refractivity contribution in [2.24, 2.45) is 0 Å². The normalized spacial score (nSPS) is 17.5.